The van der Waals surface area contributed by atoms with Gasteiger partial charge in [-0.25, -0.2) is 4.79 Å². The Bertz CT molecular complexity index is 1340. The Hall–Kier alpha value is -4.27. The molecule has 0 bridgehead atoms. The van der Waals surface area contributed by atoms with Crippen molar-refractivity contribution >= 4 is 22.3 Å². The van der Waals surface area contributed by atoms with E-state index in [1.165, 1.54) is 37.6 Å². The molecule has 6 nitrogen and oxygen atoms in total. The quantitative estimate of drug-likeness (QED) is 0.278. The maximum Gasteiger partial charge on any atom is 0.573 e. The van der Waals surface area contributed by atoms with E-state index in [2.05, 4.69) is 9.89 Å². The summed E-state index contributed by atoms with van der Waals surface area (Å²) in [5, 5.41) is 15.1. The highest BCUT2D eigenvalue weighted by molar-refractivity contribution is 6.19. The van der Waals surface area contributed by atoms with Crippen LogP contribution in [0.4, 0.5) is 13.2 Å². The zero-order valence-corrected chi connectivity index (χ0v) is 17.1. The van der Waals surface area contributed by atoms with Gasteiger partial charge in [-0.2, -0.15) is 0 Å². The van der Waals surface area contributed by atoms with Crippen LogP contribution in [-0.4, -0.2) is 29.7 Å². The van der Waals surface area contributed by atoms with Crippen molar-refractivity contribution in [2.75, 3.05) is 7.11 Å². The van der Waals surface area contributed by atoms with Gasteiger partial charge in [0, 0.05) is 17.2 Å². The first-order valence-corrected chi connectivity index (χ1v) is 9.58. The molecule has 0 amide bonds. The topological polar surface area (TPSA) is 81.8 Å². The Kier molecular flexibility index (Phi) is 5.78. The fourth-order valence-electron chi connectivity index (χ4n) is 3.38. The van der Waals surface area contributed by atoms with Gasteiger partial charge in [-0.15, -0.1) is 13.2 Å². The van der Waals surface area contributed by atoms with Crippen molar-refractivity contribution in [1.82, 2.24) is 5.16 Å². The lowest BCUT2D eigenvalue weighted by Crippen LogP contribution is -2.16. The van der Waals surface area contributed by atoms with Crippen LogP contribution in [0.5, 0.6) is 5.75 Å². The molecular formula is C24H16F3NO5. The molecule has 0 aliphatic rings. The molecule has 1 aromatic heterocycles. The molecule has 168 valence electrons. The van der Waals surface area contributed by atoms with Crippen LogP contribution in [0, 0.1) is 0 Å². The molecule has 0 saturated heterocycles. The van der Waals surface area contributed by atoms with Gasteiger partial charge in [0.2, 0.25) is 0 Å². The number of hydrogen-bond acceptors (Lipinski definition) is 5. The van der Waals surface area contributed by atoms with E-state index >= 15 is 0 Å². The van der Waals surface area contributed by atoms with Gasteiger partial charge >= 0.3 is 12.3 Å². The van der Waals surface area contributed by atoms with Gasteiger partial charge in [-0.3, -0.25) is 0 Å². The molecule has 0 aliphatic carbocycles. The van der Waals surface area contributed by atoms with E-state index in [1.807, 2.05) is 12.1 Å². The molecule has 1 N–H and O–H groups in total. The van der Waals surface area contributed by atoms with Gasteiger partial charge in [0.1, 0.15) is 17.0 Å². The molecule has 4 aromatic rings. The number of carbonyl (C=O) groups is 1. The third-order valence-electron chi connectivity index (χ3n) is 4.82. The first-order chi connectivity index (χ1) is 15.7. The first-order valence-electron chi connectivity index (χ1n) is 9.58. The number of carboxylic acid groups (broad SMARTS) is 1. The van der Waals surface area contributed by atoms with Crippen LogP contribution >= 0.6 is 0 Å². The molecule has 0 unspecified atom stereocenters. The minimum absolute atomic E-state index is 0.000301. The summed E-state index contributed by atoms with van der Waals surface area (Å²) in [6.07, 6.45) is -3.60. The first kappa shape index (κ1) is 21.9. The van der Waals surface area contributed by atoms with Crippen LogP contribution in [-0.2, 0) is 9.53 Å². The number of aromatic nitrogens is 1. The highest BCUT2D eigenvalue weighted by Crippen LogP contribution is 2.33. The van der Waals surface area contributed by atoms with E-state index in [0.29, 0.717) is 33.5 Å². The van der Waals surface area contributed by atoms with E-state index in [-0.39, 0.29) is 11.3 Å². The largest absolute Gasteiger partial charge is 0.573 e. The SMILES string of the molecule is COC=C(C(=O)O)c1cccc2ccc(-c3cc(-c4ccc(OC(F)(F)F)cc4)no3)cc12. The van der Waals surface area contributed by atoms with Gasteiger partial charge < -0.3 is 19.1 Å². The molecule has 0 atom stereocenters. The van der Waals surface area contributed by atoms with Crippen LogP contribution in [0.1, 0.15) is 5.56 Å². The minimum atomic E-state index is -4.77. The van der Waals surface area contributed by atoms with E-state index in [9.17, 15) is 23.1 Å². The number of benzene rings is 3. The second-order valence-corrected chi connectivity index (χ2v) is 6.96. The molecule has 3 aromatic carbocycles. The van der Waals surface area contributed by atoms with Gasteiger partial charge in [-0.1, -0.05) is 35.5 Å². The van der Waals surface area contributed by atoms with E-state index in [1.54, 1.807) is 30.3 Å². The number of carboxylic acids is 1. The number of hydrogen-bond donors (Lipinski definition) is 1. The summed E-state index contributed by atoms with van der Waals surface area (Å²) < 4.78 is 51.3. The van der Waals surface area contributed by atoms with Crippen LogP contribution in [0.25, 0.3) is 38.9 Å². The number of aliphatic carboxylic acids is 1. The summed E-state index contributed by atoms with van der Waals surface area (Å²) in [4.78, 5) is 11.7. The molecule has 0 aliphatic heterocycles. The Morgan fingerprint density at radius 1 is 1.03 bits per heavy atom. The average Bonchev–Trinajstić information content (AvgIpc) is 3.26. The Balaban J connectivity index is 1.69. The van der Waals surface area contributed by atoms with Crippen molar-refractivity contribution in [2.24, 2.45) is 0 Å². The fraction of sp³-hybridized carbons (Fsp3) is 0.0833. The van der Waals surface area contributed by atoms with E-state index in [4.69, 9.17) is 9.26 Å². The third-order valence-corrected chi connectivity index (χ3v) is 4.82. The molecule has 0 radical (unpaired) electrons. The summed E-state index contributed by atoms with van der Waals surface area (Å²) in [5.74, 6) is -1.06. The maximum absolute atomic E-state index is 12.3. The van der Waals surface area contributed by atoms with Crippen LogP contribution in [0.3, 0.4) is 0 Å². The van der Waals surface area contributed by atoms with Gasteiger partial charge in [0.25, 0.3) is 0 Å². The van der Waals surface area contributed by atoms with Crippen molar-refractivity contribution < 1.29 is 37.1 Å². The number of ether oxygens (including phenoxy) is 2. The smallest absolute Gasteiger partial charge is 0.503 e. The number of fused-ring (bicyclic) bond motifs is 1. The highest BCUT2D eigenvalue weighted by Gasteiger charge is 2.31. The predicted octanol–water partition coefficient (Wildman–Crippen LogP) is 6.13. The summed E-state index contributed by atoms with van der Waals surface area (Å²) in [5.41, 5.74) is 2.08. The fourth-order valence-corrected chi connectivity index (χ4v) is 3.38. The van der Waals surface area contributed by atoms with E-state index in [0.717, 1.165) is 5.39 Å². The summed E-state index contributed by atoms with van der Waals surface area (Å²) in [6, 6.07) is 17.6. The zero-order valence-electron chi connectivity index (χ0n) is 17.1. The van der Waals surface area contributed by atoms with Crippen LogP contribution in [0.15, 0.2) is 77.5 Å². The van der Waals surface area contributed by atoms with Crippen molar-refractivity contribution in [2.45, 2.75) is 6.36 Å². The lowest BCUT2D eigenvalue weighted by molar-refractivity contribution is -0.274. The van der Waals surface area contributed by atoms with Crippen molar-refractivity contribution in [1.29, 1.82) is 0 Å². The molecular weight excluding hydrogens is 439 g/mol. The molecule has 0 fully saturated rings. The molecule has 1 heterocycles. The standard InChI is InChI=1S/C24H16F3NO5/c1-31-13-20(23(29)30)18-4-2-3-14-5-6-16(11-19(14)18)22-12-21(28-33-22)15-7-9-17(10-8-15)32-24(25,26)27/h2-13H,1H3,(H,29,30). The summed E-state index contributed by atoms with van der Waals surface area (Å²) in [7, 11) is 1.37. The normalized spacial score (nSPS) is 12.1. The molecule has 4 rings (SSSR count). The lowest BCUT2D eigenvalue weighted by Gasteiger charge is -2.09. The summed E-state index contributed by atoms with van der Waals surface area (Å²) in [6.45, 7) is 0. The second kappa shape index (κ2) is 8.70. The monoisotopic (exact) mass is 455 g/mol. The number of methoxy groups -OCH3 is 1. The van der Waals surface area contributed by atoms with Crippen molar-refractivity contribution in [3.8, 4) is 28.3 Å². The van der Waals surface area contributed by atoms with Crippen LogP contribution < -0.4 is 4.74 Å². The van der Waals surface area contributed by atoms with Gasteiger partial charge in [-0.05, 0) is 46.7 Å². The van der Waals surface area contributed by atoms with Gasteiger partial charge in [0.05, 0.1) is 13.4 Å². The molecule has 33 heavy (non-hydrogen) atoms. The Morgan fingerprint density at radius 3 is 2.42 bits per heavy atom. The maximum atomic E-state index is 12.3. The minimum Gasteiger partial charge on any atom is -0.503 e. The average molecular weight is 455 g/mol. The summed E-state index contributed by atoms with van der Waals surface area (Å²) >= 11 is 0. The highest BCUT2D eigenvalue weighted by atomic mass is 19.4. The van der Waals surface area contributed by atoms with Crippen molar-refractivity contribution in [3.05, 3.63) is 78.6 Å². The Morgan fingerprint density at radius 2 is 1.76 bits per heavy atom. The van der Waals surface area contributed by atoms with Crippen molar-refractivity contribution in [3.63, 3.8) is 0 Å². The number of halogens is 3. The second-order valence-electron chi connectivity index (χ2n) is 6.96. The predicted molar refractivity (Wildman–Crippen MR) is 114 cm³/mol. The van der Waals surface area contributed by atoms with E-state index < -0.39 is 12.3 Å². The third kappa shape index (κ3) is 4.82. The molecule has 0 spiro atoms. The number of alkyl halides is 3. The lowest BCUT2D eigenvalue weighted by atomic mass is 9.96. The number of nitrogens with zero attached hydrogens (tertiary/aromatic N) is 1. The number of rotatable bonds is 6. The van der Waals surface area contributed by atoms with Crippen LogP contribution in [0.2, 0.25) is 0 Å². The molecule has 0 saturated carbocycles. The van der Waals surface area contributed by atoms with Gasteiger partial charge in [0.15, 0.2) is 5.76 Å². The Labute approximate surface area is 185 Å². The molecule has 9 heteroatoms. The zero-order chi connectivity index (χ0) is 23.6.